The summed E-state index contributed by atoms with van der Waals surface area (Å²) in [5.41, 5.74) is 3.08. The highest BCUT2D eigenvalue weighted by Gasteiger charge is 2.14. The van der Waals surface area contributed by atoms with Crippen LogP contribution in [0.1, 0.15) is 0 Å². The molecule has 2 aromatic carbocycles. The summed E-state index contributed by atoms with van der Waals surface area (Å²) in [6.45, 7) is 0. The molecule has 3 rings (SSSR count). The zero-order valence-electron chi connectivity index (χ0n) is 14.1. The Balaban J connectivity index is 0.00000164. The molecule has 0 atom stereocenters. The second-order valence-corrected chi connectivity index (χ2v) is 6.14. The van der Waals surface area contributed by atoms with Crippen molar-refractivity contribution in [2.45, 2.75) is 4.90 Å². The SMILES string of the molecule is C[NH3+].O.O.O=c1c(-c2ccc(O)c(S(=O)(=O)[O-])c2)coc2cc(O)ccc12. The third-order valence-corrected chi connectivity index (χ3v) is 4.16. The predicted molar refractivity (Wildman–Crippen MR) is 95.3 cm³/mol. The first kappa shape index (κ1) is 24.0. The lowest BCUT2D eigenvalue weighted by molar-refractivity contribution is -0.325. The molecule has 0 amide bonds. The Hall–Kier alpha value is -2.96. The van der Waals surface area contributed by atoms with Gasteiger partial charge in [-0.15, -0.1) is 0 Å². The van der Waals surface area contributed by atoms with Crippen molar-refractivity contribution in [3.8, 4) is 22.6 Å². The molecule has 0 aliphatic heterocycles. The maximum Gasteiger partial charge on any atom is 0.200 e. The van der Waals surface area contributed by atoms with E-state index in [-0.39, 0.29) is 38.8 Å². The van der Waals surface area contributed by atoms with Crippen LogP contribution in [0.3, 0.4) is 0 Å². The van der Waals surface area contributed by atoms with E-state index in [9.17, 15) is 28.0 Å². The maximum absolute atomic E-state index is 12.5. The Kier molecular flexibility index (Phi) is 8.12. The molecular formula is C16H19NO9S. The van der Waals surface area contributed by atoms with Crippen molar-refractivity contribution < 1.29 is 44.3 Å². The van der Waals surface area contributed by atoms with Crippen LogP contribution in [0.5, 0.6) is 11.5 Å². The van der Waals surface area contributed by atoms with E-state index in [2.05, 4.69) is 5.73 Å². The minimum atomic E-state index is -4.89. The molecule has 0 spiro atoms. The van der Waals surface area contributed by atoms with Gasteiger partial charge in [-0.3, -0.25) is 4.79 Å². The van der Waals surface area contributed by atoms with Crippen LogP contribution in [-0.2, 0) is 10.1 Å². The zero-order valence-corrected chi connectivity index (χ0v) is 14.9. The molecule has 0 unspecified atom stereocenters. The van der Waals surface area contributed by atoms with Gasteiger partial charge in [-0.25, -0.2) is 8.42 Å². The molecule has 10 nitrogen and oxygen atoms in total. The van der Waals surface area contributed by atoms with Gasteiger partial charge in [0, 0.05) is 6.07 Å². The summed E-state index contributed by atoms with van der Waals surface area (Å²) in [6.07, 6.45) is 1.09. The lowest BCUT2D eigenvalue weighted by Gasteiger charge is -2.11. The highest BCUT2D eigenvalue weighted by molar-refractivity contribution is 7.85. The summed E-state index contributed by atoms with van der Waals surface area (Å²) in [6, 6.07) is 7.17. The van der Waals surface area contributed by atoms with Crippen molar-refractivity contribution in [1.82, 2.24) is 0 Å². The van der Waals surface area contributed by atoms with Crippen LogP contribution in [0.25, 0.3) is 22.1 Å². The summed E-state index contributed by atoms with van der Waals surface area (Å²) in [4.78, 5) is 11.6. The van der Waals surface area contributed by atoms with E-state index in [1.165, 1.54) is 24.3 Å². The van der Waals surface area contributed by atoms with E-state index in [1.807, 2.05) is 0 Å². The molecule has 0 radical (unpaired) electrons. The van der Waals surface area contributed by atoms with Gasteiger partial charge in [0.2, 0.25) is 0 Å². The van der Waals surface area contributed by atoms with Crippen LogP contribution in [0, 0.1) is 0 Å². The first-order chi connectivity index (χ1) is 11.8. The summed E-state index contributed by atoms with van der Waals surface area (Å²) in [5, 5.41) is 19.0. The molecule has 3 aromatic rings. The minimum absolute atomic E-state index is 0. The Morgan fingerprint density at radius 1 is 1.04 bits per heavy atom. The van der Waals surface area contributed by atoms with Crippen LogP contribution < -0.4 is 11.2 Å². The van der Waals surface area contributed by atoms with Crippen LogP contribution in [-0.4, -0.2) is 41.2 Å². The van der Waals surface area contributed by atoms with Crippen molar-refractivity contribution in [3.05, 3.63) is 52.9 Å². The fraction of sp³-hybridized carbons (Fsp3) is 0.0625. The highest BCUT2D eigenvalue weighted by Crippen LogP contribution is 2.29. The molecule has 0 saturated heterocycles. The van der Waals surface area contributed by atoms with E-state index in [0.717, 1.165) is 18.4 Å². The first-order valence-corrected chi connectivity index (χ1v) is 8.43. The summed E-state index contributed by atoms with van der Waals surface area (Å²) in [7, 11) is -3.14. The van der Waals surface area contributed by atoms with E-state index in [0.29, 0.717) is 0 Å². The normalized spacial score (nSPS) is 10.2. The van der Waals surface area contributed by atoms with Crippen LogP contribution >= 0.6 is 0 Å². The van der Waals surface area contributed by atoms with Crippen LogP contribution in [0.4, 0.5) is 0 Å². The third-order valence-electron chi connectivity index (χ3n) is 3.30. The van der Waals surface area contributed by atoms with Gasteiger partial charge in [0.1, 0.15) is 33.5 Å². The average Bonchev–Trinajstić information content (AvgIpc) is 2.56. The predicted octanol–water partition coefficient (Wildman–Crippen LogP) is -1.02. The van der Waals surface area contributed by atoms with E-state index >= 15 is 0 Å². The quantitative estimate of drug-likeness (QED) is 0.453. The van der Waals surface area contributed by atoms with Crippen molar-refractivity contribution in [2.24, 2.45) is 0 Å². The second kappa shape index (κ2) is 9.12. The van der Waals surface area contributed by atoms with Crippen molar-refractivity contribution >= 4 is 21.1 Å². The Morgan fingerprint density at radius 2 is 1.67 bits per heavy atom. The first-order valence-electron chi connectivity index (χ1n) is 7.02. The van der Waals surface area contributed by atoms with Crippen molar-refractivity contribution in [3.63, 3.8) is 0 Å². The van der Waals surface area contributed by atoms with Crippen molar-refractivity contribution in [1.29, 1.82) is 0 Å². The molecule has 0 bridgehead atoms. The van der Waals surface area contributed by atoms with Gasteiger partial charge in [0.25, 0.3) is 0 Å². The largest absolute Gasteiger partial charge is 0.744 e. The third kappa shape index (κ3) is 4.81. The number of rotatable bonds is 2. The molecule has 1 heterocycles. The van der Waals surface area contributed by atoms with Gasteiger partial charge in [-0.05, 0) is 29.8 Å². The molecule has 9 N–H and O–H groups in total. The fourth-order valence-electron chi connectivity index (χ4n) is 2.20. The summed E-state index contributed by atoms with van der Waals surface area (Å²) in [5.74, 6) is -0.767. The molecule has 148 valence electrons. The standard InChI is InChI=1S/C15H10O7S.CH5N.2H2O/c16-9-2-3-10-13(6-9)22-7-11(15(10)18)8-1-4-12(17)14(5-8)23(19,20)21;1-2;;/h1-7,16-17H,(H,19,20,21);2H2,1H3;2*1H2. The molecule has 27 heavy (non-hydrogen) atoms. The van der Waals surface area contributed by atoms with Gasteiger partial charge in [-0.2, -0.15) is 0 Å². The number of quaternary nitrogens is 1. The lowest BCUT2D eigenvalue weighted by atomic mass is 10.1. The molecule has 0 aliphatic carbocycles. The topological polar surface area (TPSA) is 219 Å². The van der Waals surface area contributed by atoms with Gasteiger partial charge in [-0.1, -0.05) is 6.07 Å². The lowest BCUT2D eigenvalue weighted by Crippen LogP contribution is -2.40. The maximum atomic E-state index is 12.5. The number of phenolic OH excluding ortho intramolecular Hbond substituents is 2. The monoisotopic (exact) mass is 401 g/mol. The van der Waals surface area contributed by atoms with Crippen LogP contribution in [0.2, 0.25) is 0 Å². The van der Waals surface area contributed by atoms with Gasteiger partial charge in [0.15, 0.2) is 5.43 Å². The van der Waals surface area contributed by atoms with Gasteiger partial charge in [0.05, 0.1) is 22.9 Å². The molecule has 11 heteroatoms. The zero-order chi connectivity index (χ0) is 18.8. The molecular weight excluding hydrogens is 382 g/mol. The molecule has 0 aliphatic rings. The van der Waals surface area contributed by atoms with E-state index < -0.39 is 26.2 Å². The minimum Gasteiger partial charge on any atom is -0.744 e. The van der Waals surface area contributed by atoms with Crippen LogP contribution in [0.15, 0.2) is 56.8 Å². The van der Waals surface area contributed by atoms with E-state index in [1.54, 1.807) is 7.05 Å². The number of hydrogen-bond acceptors (Lipinski definition) is 7. The average molecular weight is 401 g/mol. The molecule has 0 saturated carbocycles. The number of benzene rings is 2. The Labute approximate surface area is 153 Å². The Bertz CT molecular complexity index is 1090. The number of phenols is 2. The van der Waals surface area contributed by atoms with Gasteiger partial charge >= 0.3 is 0 Å². The number of hydrogen-bond donors (Lipinski definition) is 3. The molecule has 1 aromatic heterocycles. The number of aromatic hydroxyl groups is 2. The number of fused-ring (bicyclic) bond motifs is 1. The smallest absolute Gasteiger partial charge is 0.200 e. The highest BCUT2D eigenvalue weighted by atomic mass is 32.2. The van der Waals surface area contributed by atoms with E-state index in [4.69, 9.17) is 4.42 Å². The van der Waals surface area contributed by atoms with Crippen molar-refractivity contribution in [2.75, 3.05) is 7.05 Å². The molecule has 0 fully saturated rings. The summed E-state index contributed by atoms with van der Waals surface area (Å²) >= 11 is 0. The fourth-order valence-corrected chi connectivity index (χ4v) is 2.79. The van der Waals surface area contributed by atoms with Gasteiger partial charge < -0.3 is 35.9 Å². The summed E-state index contributed by atoms with van der Waals surface area (Å²) < 4.78 is 38.6. The second-order valence-electron chi connectivity index (χ2n) is 4.80. The Morgan fingerprint density at radius 3 is 2.26 bits per heavy atom.